The van der Waals surface area contributed by atoms with Gasteiger partial charge in [0.05, 0.1) is 5.02 Å². The van der Waals surface area contributed by atoms with E-state index in [4.69, 9.17) is 27.9 Å². The molecule has 0 aliphatic heterocycles. The first-order valence-electron chi connectivity index (χ1n) is 6.47. The third-order valence-corrected chi connectivity index (χ3v) is 3.21. The minimum Gasteiger partial charge on any atom is -0.437 e. The normalized spacial score (nSPS) is 10.6. The van der Waals surface area contributed by atoms with Gasteiger partial charge in [0.1, 0.15) is 5.75 Å². The Morgan fingerprint density at radius 1 is 1.20 bits per heavy atom. The number of rotatable bonds is 6. The van der Waals surface area contributed by atoms with Gasteiger partial charge in [-0.3, -0.25) is 0 Å². The van der Waals surface area contributed by atoms with Crippen molar-refractivity contribution in [3.8, 4) is 11.6 Å². The monoisotopic (exact) mass is 310 g/mol. The van der Waals surface area contributed by atoms with Crippen molar-refractivity contribution in [3.63, 3.8) is 0 Å². The van der Waals surface area contributed by atoms with Crippen molar-refractivity contribution < 1.29 is 4.74 Å². The van der Waals surface area contributed by atoms with Crippen LogP contribution in [-0.2, 0) is 6.54 Å². The average molecular weight is 311 g/mol. The number of halogens is 2. The van der Waals surface area contributed by atoms with Crippen molar-refractivity contribution in [2.45, 2.75) is 19.9 Å². The lowest BCUT2D eigenvalue weighted by Gasteiger charge is -2.09. The third kappa shape index (κ3) is 4.37. The minimum absolute atomic E-state index is 0.505. The van der Waals surface area contributed by atoms with Gasteiger partial charge >= 0.3 is 0 Å². The van der Waals surface area contributed by atoms with Gasteiger partial charge in [-0.15, -0.1) is 0 Å². The van der Waals surface area contributed by atoms with E-state index in [9.17, 15) is 0 Å². The molecule has 0 atom stereocenters. The van der Waals surface area contributed by atoms with Crippen molar-refractivity contribution >= 4 is 23.2 Å². The number of nitrogens with zero attached hydrogens (tertiary/aromatic N) is 1. The van der Waals surface area contributed by atoms with E-state index in [1.807, 2.05) is 12.1 Å². The van der Waals surface area contributed by atoms with Crippen LogP contribution in [-0.4, -0.2) is 11.5 Å². The second-order valence-corrected chi connectivity index (χ2v) is 5.20. The molecule has 5 heteroatoms. The Labute approximate surface area is 128 Å². The van der Waals surface area contributed by atoms with E-state index in [2.05, 4.69) is 17.2 Å². The molecule has 0 aliphatic carbocycles. The van der Waals surface area contributed by atoms with E-state index in [1.54, 1.807) is 24.4 Å². The lowest BCUT2D eigenvalue weighted by Crippen LogP contribution is -2.13. The van der Waals surface area contributed by atoms with E-state index in [0.29, 0.717) is 21.7 Å². The molecule has 0 saturated heterocycles. The number of pyridine rings is 1. The molecule has 0 saturated carbocycles. The van der Waals surface area contributed by atoms with Crippen LogP contribution in [0.2, 0.25) is 10.0 Å². The van der Waals surface area contributed by atoms with Crippen molar-refractivity contribution in [2.75, 3.05) is 6.54 Å². The Morgan fingerprint density at radius 3 is 2.85 bits per heavy atom. The Morgan fingerprint density at radius 2 is 2.05 bits per heavy atom. The number of ether oxygens (including phenoxy) is 1. The van der Waals surface area contributed by atoms with Crippen molar-refractivity contribution in [1.82, 2.24) is 10.3 Å². The zero-order valence-electron chi connectivity index (χ0n) is 11.2. The van der Waals surface area contributed by atoms with Crippen molar-refractivity contribution in [1.29, 1.82) is 0 Å². The summed E-state index contributed by atoms with van der Waals surface area (Å²) in [7, 11) is 0. The minimum atomic E-state index is 0.505. The molecule has 0 spiro atoms. The molecule has 1 heterocycles. The molecule has 0 aliphatic rings. The predicted molar refractivity (Wildman–Crippen MR) is 82.8 cm³/mol. The predicted octanol–water partition coefficient (Wildman–Crippen LogP) is 4.68. The Kier molecular flexibility index (Phi) is 5.65. The Bertz CT molecular complexity index is 576. The van der Waals surface area contributed by atoms with Gasteiger partial charge in [0.15, 0.2) is 0 Å². The average Bonchev–Trinajstić information content (AvgIpc) is 2.44. The lowest BCUT2D eigenvalue weighted by atomic mass is 10.2. The molecule has 20 heavy (non-hydrogen) atoms. The van der Waals surface area contributed by atoms with Gasteiger partial charge < -0.3 is 10.1 Å². The molecule has 3 nitrogen and oxygen atoms in total. The number of benzene rings is 1. The fraction of sp³-hybridized carbons (Fsp3) is 0.267. The largest absolute Gasteiger partial charge is 0.437 e. The number of nitrogens with one attached hydrogen (secondary N) is 1. The highest BCUT2D eigenvalue weighted by Gasteiger charge is 2.06. The molecule has 1 N–H and O–H groups in total. The van der Waals surface area contributed by atoms with Gasteiger partial charge in [-0.05, 0) is 36.7 Å². The maximum absolute atomic E-state index is 6.06. The standard InChI is InChI=1S/C15H16Cl2N2O/c1-2-6-18-10-11-5-7-19-15(8-11)20-14-9-12(16)3-4-13(14)17/h3-5,7-9,18H,2,6,10H2,1H3. The molecule has 106 valence electrons. The van der Waals surface area contributed by atoms with Gasteiger partial charge in [0, 0.05) is 29.9 Å². The number of aromatic nitrogens is 1. The fourth-order valence-electron chi connectivity index (χ4n) is 1.69. The van der Waals surface area contributed by atoms with E-state index in [-0.39, 0.29) is 0 Å². The number of hydrogen-bond donors (Lipinski definition) is 1. The van der Waals surface area contributed by atoms with Crippen LogP contribution in [0.25, 0.3) is 0 Å². The summed E-state index contributed by atoms with van der Waals surface area (Å²) < 4.78 is 5.68. The summed E-state index contributed by atoms with van der Waals surface area (Å²) in [6.45, 7) is 3.91. The molecule has 1 aromatic carbocycles. The third-order valence-electron chi connectivity index (χ3n) is 2.66. The van der Waals surface area contributed by atoms with Gasteiger partial charge in [0.2, 0.25) is 5.88 Å². The summed E-state index contributed by atoms with van der Waals surface area (Å²) in [5.41, 5.74) is 1.11. The summed E-state index contributed by atoms with van der Waals surface area (Å²) in [6, 6.07) is 8.93. The van der Waals surface area contributed by atoms with Crippen LogP contribution in [0.5, 0.6) is 11.6 Å². The van der Waals surface area contributed by atoms with Crippen molar-refractivity contribution in [3.05, 3.63) is 52.1 Å². The smallest absolute Gasteiger partial charge is 0.219 e. The second kappa shape index (κ2) is 7.48. The zero-order chi connectivity index (χ0) is 14.4. The molecule has 2 rings (SSSR count). The molecule has 0 unspecified atom stereocenters. The van der Waals surface area contributed by atoms with E-state index in [1.165, 1.54) is 0 Å². The fourth-order valence-corrected chi connectivity index (χ4v) is 2.01. The van der Waals surface area contributed by atoms with Crippen molar-refractivity contribution in [2.24, 2.45) is 0 Å². The quantitative estimate of drug-likeness (QED) is 0.787. The second-order valence-electron chi connectivity index (χ2n) is 4.36. The highest BCUT2D eigenvalue weighted by atomic mass is 35.5. The van der Waals surface area contributed by atoms with Crippen LogP contribution in [0.15, 0.2) is 36.5 Å². The van der Waals surface area contributed by atoms with Crippen LogP contribution < -0.4 is 10.1 Å². The molecular weight excluding hydrogens is 295 g/mol. The summed E-state index contributed by atoms with van der Waals surface area (Å²) >= 11 is 12.0. The van der Waals surface area contributed by atoms with Gasteiger partial charge in [-0.25, -0.2) is 4.98 Å². The lowest BCUT2D eigenvalue weighted by molar-refractivity contribution is 0.462. The van der Waals surface area contributed by atoms with E-state index < -0.39 is 0 Å². The van der Waals surface area contributed by atoms with Gasteiger partial charge in [0.25, 0.3) is 0 Å². The molecule has 0 fully saturated rings. The van der Waals surface area contributed by atoms with Crippen LogP contribution in [0.3, 0.4) is 0 Å². The molecule has 0 amide bonds. The first-order valence-corrected chi connectivity index (χ1v) is 7.23. The summed E-state index contributed by atoms with van der Waals surface area (Å²) in [4.78, 5) is 4.18. The van der Waals surface area contributed by atoms with Crippen LogP contribution in [0.4, 0.5) is 0 Å². The molecule has 0 radical (unpaired) electrons. The summed E-state index contributed by atoms with van der Waals surface area (Å²) in [6.07, 6.45) is 2.82. The molecule has 1 aromatic heterocycles. The topological polar surface area (TPSA) is 34.2 Å². The van der Waals surface area contributed by atoms with Gasteiger partial charge in [-0.1, -0.05) is 30.1 Å². The number of hydrogen-bond acceptors (Lipinski definition) is 3. The van der Waals surface area contributed by atoms with Gasteiger partial charge in [-0.2, -0.15) is 0 Å². The SMILES string of the molecule is CCCNCc1ccnc(Oc2cc(Cl)ccc2Cl)c1. The van der Waals surface area contributed by atoms with E-state index in [0.717, 1.165) is 25.1 Å². The van der Waals surface area contributed by atoms with Crippen LogP contribution in [0.1, 0.15) is 18.9 Å². The molecular formula is C15H16Cl2N2O. The molecule has 2 aromatic rings. The summed E-state index contributed by atoms with van der Waals surface area (Å²) in [5.74, 6) is 1.01. The maximum atomic E-state index is 6.06. The summed E-state index contributed by atoms with van der Waals surface area (Å²) in [5, 5.41) is 4.41. The van der Waals surface area contributed by atoms with Crippen LogP contribution in [0, 0.1) is 0 Å². The Hall–Kier alpha value is -1.29. The Balaban J connectivity index is 2.09. The zero-order valence-corrected chi connectivity index (χ0v) is 12.7. The molecule has 0 bridgehead atoms. The first-order chi connectivity index (χ1) is 9.69. The van der Waals surface area contributed by atoms with E-state index >= 15 is 0 Å². The highest BCUT2D eigenvalue weighted by molar-refractivity contribution is 6.34. The first kappa shape index (κ1) is 15.1. The highest BCUT2D eigenvalue weighted by Crippen LogP contribution is 2.31. The van der Waals surface area contributed by atoms with Crippen LogP contribution >= 0.6 is 23.2 Å². The maximum Gasteiger partial charge on any atom is 0.219 e.